The first kappa shape index (κ1) is 21.1. The number of nitrogens with zero attached hydrogens (tertiary/aromatic N) is 5. The molecule has 0 atom stereocenters. The lowest BCUT2D eigenvalue weighted by Crippen LogP contribution is -1.97. The zero-order valence-electron chi connectivity index (χ0n) is 19.8. The topological polar surface area (TPSA) is 57.8 Å². The molecule has 0 N–H and O–H groups in total. The summed E-state index contributed by atoms with van der Waals surface area (Å²) in [4.78, 5) is 8.70. The van der Waals surface area contributed by atoms with Gasteiger partial charge in [-0.25, -0.2) is 9.67 Å². The second-order valence-electron chi connectivity index (χ2n) is 8.70. The zero-order chi connectivity index (χ0) is 24.6. The summed E-state index contributed by atoms with van der Waals surface area (Å²) in [7, 11) is 0. The molecular formula is C31H21N5O. The van der Waals surface area contributed by atoms with Crippen LogP contribution in [-0.2, 0) is 0 Å². The number of ether oxygens (including phenoxy) is 1. The van der Waals surface area contributed by atoms with Gasteiger partial charge in [0.25, 0.3) is 0 Å². The summed E-state index contributed by atoms with van der Waals surface area (Å²) < 4.78 is 10.4. The molecule has 6 heteroatoms. The highest BCUT2D eigenvalue weighted by molar-refractivity contribution is 6.09. The minimum atomic E-state index is 0.735. The van der Waals surface area contributed by atoms with Crippen molar-refractivity contribution in [1.29, 1.82) is 0 Å². The van der Waals surface area contributed by atoms with Crippen molar-refractivity contribution in [3.8, 4) is 34.3 Å². The maximum Gasteiger partial charge on any atom is 0.137 e. The average molecular weight is 480 g/mol. The van der Waals surface area contributed by atoms with E-state index >= 15 is 0 Å². The Kier molecular flexibility index (Phi) is 5.00. The lowest BCUT2D eigenvalue weighted by molar-refractivity contribution is 0.483. The minimum absolute atomic E-state index is 0.735. The van der Waals surface area contributed by atoms with E-state index in [0.29, 0.717) is 0 Å². The normalized spacial score (nSPS) is 11.2. The smallest absolute Gasteiger partial charge is 0.137 e. The van der Waals surface area contributed by atoms with Crippen LogP contribution >= 0.6 is 0 Å². The third-order valence-electron chi connectivity index (χ3n) is 6.41. The van der Waals surface area contributed by atoms with Crippen LogP contribution < -0.4 is 4.74 Å². The summed E-state index contributed by atoms with van der Waals surface area (Å²) in [5, 5.41) is 7.07. The second-order valence-corrected chi connectivity index (χ2v) is 8.70. The number of pyridine rings is 2. The van der Waals surface area contributed by atoms with E-state index in [4.69, 9.17) is 9.84 Å². The standard InChI is InChI=1S/C31H21N5O/c1-2-9-29-26(8-1)27-12-11-25(21-30(27)36(29)31-10-3-4-16-33-31)37-24-7-5-6-23(20-24)35-19-15-28(34-35)22-13-17-32-18-14-22/h1-21H. The van der Waals surface area contributed by atoms with Crippen LogP contribution in [0.2, 0.25) is 0 Å². The number of benzene rings is 3. The second kappa shape index (κ2) is 8.77. The fourth-order valence-corrected chi connectivity index (χ4v) is 4.72. The highest BCUT2D eigenvalue weighted by Crippen LogP contribution is 2.35. The summed E-state index contributed by atoms with van der Waals surface area (Å²) in [5.41, 5.74) is 4.99. The van der Waals surface area contributed by atoms with Crippen molar-refractivity contribution in [3.63, 3.8) is 0 Å². The van der Waals surface area contributed by atoms with Crippen molar-refractivity contribution >= 4 is 21.8 Å². The molecule has 6 nitrogen and oxygen atoms in total. The van der Waals surface area contributed by atoms with E-state index in [1.807, 2.05) is 83.8 Å². The predicted octanol–water partition coefficient (Wildman–Crippen LogP) is 7.22. The van der Waals surface area contributed by atoms with Gasteiger partial charge in [0.15, 0.2) is 0 Å². The highest BCUT2D eigenvalue weighted by atomic mass is 16.5. The van der Waals surface area contributed by atoms with Crippen LogP contribution in [0.25, 0.3) is 44.6 Å². The number of para-hydroxylation sites is 1. The third-order valence-corrected chi connectivity index (χ3v) is 6.41. The summed E-state index contributed by atoms with van der Waals surface area (Å²) in [6, 6.07) is 34.4. The Balaban J connectivity index is 1.26. The van der Waals surface area contributed by atoms with Crippen LogP contribution in [-0.4, -0.2) is 24.3 Å². The van der Waals surface area contributed by atoms with Crippen LogP contribution in [0.3, 0.4) is 0 Å². The lowest BCUT2D eigenvalue weighted by Gasteiger charge is -2.10. The molecule has 0 unspecified atom stereocenters. The van der Waals surface area contributed by atoms with Crippen molar-refractivity contribution < 1.29 is 4.74 Å². The fourth-order valence-electron chi connectivity index (χ4n) is 4.72. The lowest BCUT2D eigenvalue weighted by atomic mass is 10.1. The van der Waals surface area contributed by atoms with Gasteiger partial charge in [-0.1, -0.05) is 30.3 Å². The van der Waals surface area contributed by atoms with Crippen LogP contribution in [0, 0.1) is 0 Å². The molecular weight excluding hydrogens is 458 g/mol. The first-order valence-corrected chi connectivity index (χ1v) is 12.0. The number of hydrogen-bond acceptors (Lipinski definition) is 4. The molecule has 37 heavy (non-hydrogen) atoms. The average Bonchev–Trinajstić information content (AvgIpc) is 3.58. The monoisotopic (exact) mass is 479 g/mol. The molecule has 0 aliphatic carbocycles. The van der Waals surface area contributed by atoms with Gasteiger partial charge in [-0.2, -0.15) is 5.10 Å². The van der Waals surface area contributed by atoms with Gasteiger partial charge < -0.3 is 4.74 Å². The van der Waals surface area contributed by atoms with Gasteiger partial charge in [-0.15, -0.1) is 0 Å². The number of hydrogen-bond donors (Lipinski definition) is 0. The minimum Gasteiger partial charge on any atom is -0.457 e. The Morgan fingerprint density at radius 2 is 1.46 bits per heavy atom. The van der Waals surface area contributed by atoms with Crippen molar-refractivity contribution in [2.75, 3.05) is 0 Å². The van der Waals surface area contributed by atoms with Crippen LogP contribution in [0.1, 0.15) is 0 Å². The van der Waals surface area contributed by atoms with Crippen LogP contribution in [0.5, 0.6) is 11.5 Å². The maximum atomic E-state index is 6.34. The van der Waals surface area contributed by atoms with Gasteiger partial charge in [0.2, 0.25) is 0 Å². The van der Waals surface area contributed by atoms with E-state index in [1.54, 1.807) is 12.4 Å². The largest absolute Gasteiger partial charge is 0.457 e. The molecule has 0 saturated heterocycles. The Hall–Kier alpha value is -5.23. The molecule has 0 spiro atoms. The molecule has 7 aromatic rings. The van der Waals surface area contributed by atoms with E-state index < -0.39 is 0 Å². The van der Waals surface area contributed by atoms with Crippen LogP contribution in [0.15, 0.2) is 128 Å². The molecule has 0 radical (unpaired) electrons. The molecule has 7 rings (SSSR count). The Labute approximate surface area is 213 Å². The maximum absolute atomic E-state index is 6.34. The van der Waals surface area contributed by atoms with Crippen molar-refractivity contribution in [2.24, 2.45) is 0 Å². The molecule has 0 fully saturated rings. The van der Waals surface area contributed by atoms with Crippen molar-refractivity contribution in [3.05, 3.63) is 128 Å². The summed E-state index contributed by atoms with van der Waals surface area (Å²) >= 11 is 0. The molecule has 0 aliphatic heterocycles. The molecule has 0 saturated carbocycles. The van der Waals surface area contributed by atoms with E-state index in [-0.39, 0.29) is 0 Å². The van der Waals surface area contributed by atoms with Crippen molar-refractivity contribution in [1.82, 2.24) is 24.3 Å². The molecule has 4 aromatic heterocycles. The van der Waals surface area contributed by atoms with Gasteiger partial charge in [0, 0.05) is 53.3 Å². The zero-order valence-corrected chi connectivity index (χ0v) is 19.8. The summed E-state index contributed by atoms with van der Waals surface area (Å²) in [6.07, 6.45) is 7.31. The predicted molar refractivity (Wildman–Crippen MR) is 145 cm³/mol. The Morgan fingerprint density at radius 3 is 2.35 bits per heavy atom. The molecule has 0 aliphatic rings. The number of aromatic nitrogens is 5. The summed E-state index contributed by atoms with van der Waals surface area (Å²) in [5.74, 6) is 2.36. The Morgan fingerprint density at radius 1 is 0.622 bits per heavy atom. The van der Waals surface area contributed by atoms with E-state index in [9.17, 15) is 0 Å². The van der Waals surface area contributed by atoms with Gasteiger partial charge in [-0.05, 0) is 60.7 Å². The van der Waals surface area contributed by atoms with Crippen molar-refractivity contribution in [2.45, 2.75) is 0 Å². The van der Waals surface area contributed by atoms with Crippen LogP contribution in [0.4, 0.5) is 0 Å². The fraction of sp³-hybridized carbons (Fsp3) is 0. The molecule has 0 bridgehead atoms. The number of fused-ring (bicyclic) bond motifs is 3. The number of rotatable bonds is 5. The van der Waals surface area contributed by atoms with E-state index in [0.717, 1.165) is 50.7 Å². The first-order valence-electron chi connectivity index (χ1n) is 12.0. The van der Waals surface area contributed by atoms with E-state index in [2.05, 4.69) is 50.9 Å². The molecule has 0 amide bonds. The highest BCUT2D eigenvalue weighted by Gasteiger charge is 2.14. The first-order chi connectivity index (χ1) is 18.3. The summed E-state index contributed by atoms with van der Waals surface area (Å²) in [6.45, 7) is 0. The SMILES string of the molecule is c1ccc(-n2c3ccccc3c3ccc(Oc4cccc(-n5ccc(-c6ccncc6)n5)c4)cc32)nc1. The van der Waals surface area contributed by atoms with Gasteiger partial charge >= 0.3 is 0 Å². The quantitative estimate of drug-likeness (QED) is 0.262. The molecule has 4 heterocycles. The van der Waals surface area contributed by atoms with E-state index in [1.165, 1.54) is 5.39 Å². The molecule has 3 aromatic carbocycles. The Bertz CT molecular complexity index is 1860. The van der Waals surface area contributed by atoms with Gasteiger partial charge in [0.05, 0.1) is 22.4 Å². The van der Waals surface area contributed by atoms with Gasteiger partial charge in [-0.3, -0.25) is 9.55 Å². The third kappa shape index (κ3) is 3.81. The molecule has 176 valence electrons. The van der Waals surface area contributed by atoms with Gasteiger partial charge in [0.1, 0.15) is 17.3 Å².